The van der Waals surface area contributed by atoms with Crippen LogP contribution in [0, 0.1) is 11.8 Å². The Morgan fingerprint density at radius 2 is 1.64 bits per heavy atom. The first-order chi connectivity index (χ1) is 15.9. The minimum atomic E-state index is -3.49. The van der Waals surface area contributed by atoms with Crippen LogP contribution in [0.15, 0.2) is 52.1 Å². The molecule has 2 fully saturated rings. The van der Waals surface area contributed by atoms with Gasteiger partial charge in [0.25, 0.3) is 15.9 Å². The number of esters is 1. The van der Waals surface area contributed by atoms with Crippen molar-refractivity contribution in [3.05, 3.63) is 53.4 Å². The lowest BCUT2D eigenvalue weighted by Crippen LogP contribution is -2.42. The Kier molecular flexibility index (Phi) is 7.82. The summed E-state index contributed by atoms with van der Waals surface area (Å²) in [6, 6.07) is 13.7. The monoisotopic (exact) mass is 490 g/mol. The van der Waals surface area contributed by atoms with Crippen LogP contribution in [0.25, 0.3) is 0 Å². The second kappa shape index (κ2) is 10.8. The molecule has 2 aliphatic rings. The number of rotatable bonds is 7. The molecule has 33 heavy (non-hydrogen) atoms. The standard InChI is InChI=1S/C24H30N2O5S2/c27-22(25-12-8-20(9-13-25)17-19-5-2-1-3-6-19)18-31-24(28)21-10-14-26(15-11-21)33(29,30)23-7-4-16-32-23/h1-7,16,20-21H,8-15,17-18H2. The van der Waals surface area contributed by atoms with Gasteiger partial charge in [-0.3, -0.25) is 9.59 Å². The van der Waals surface area contributed by atoms with Gasteiger partial charge in [-0.1, -0.05) is 36.4 Å². The second-order valence-corrected chi connectivity index (χ2v) is 11.8. The third-order valence-electron chi connectivity index (χ3n) is 6.55. The highest BCUT2D eigenvalue weighted by atomic mass is 32.2. The van der Waals surface area contributed by atoms with E-state index >= 15 is 0 Å². The number of hydrogen-bond donors (Lipinski definition) is 0. The Hall–Kier alpha value is -2.23. The summed E-state index contributed by atoms with van der Waals surface area (Å²) < 4.78 is 32.3. The second-order valence-electron chi connectivity index (χ2n) is 8.73. The molecular weight excluding hydrogens is 460 g/mol. The van der Waals surface area contributed by atoms with Crippen molar-refractivity contribution in [3.8, 4) is 0 Å². The Labute approximate surface area is 199 Å². The van der Waals surface area contributed by atoms with Crippen LogP contribution in [0.4, 0.5) is 0 Å². The van der Waals surface area contributed by atoms with Crippen molar-refractivity contribution >= 4 is 33.2 Å². The van der Waals surface area contributed by atoms with E-state index in [-0.39, 0.29) is 31.5 Å². The van der Waals surface area contributed by atoms with Gasteiger partial charge in [-0.15, -0.1) is 11.3 Å². The molecule has 2 saturated heterocycles. The normalized spacial score (nSPS) is 18.8. The average molecular weight is 491 g/mol. The highest BCUT2D eigenvalue weighted by Crippen LogP contribution is 2.27. The summed E-state index contributed by atoms with van der Waals surface area (Å²) in [5.74, 6) is -0.367. The third-order valence-corrected chi connectivity index (χ3v) is 9.82. The van der Waals surface area contributed by atoms with E-state index in [0.717, 1.165) is 19.3 Å². The topological polar surface area (TPSA) is 84.0 Å². The number of ether oxygens (including phenoxy) is 1. The lowest BCUT2D eigenvalue weighted by molar-refractivity contribution is -0.157. The molecule has 3 heterocycles. The third kappa shape index (κ3) is 6.02. The molecule has 4 rings (SSSR count). The van der Waals surface area contributed by atoms with Crippen molar-refractivity contribution < 1.29 is 22.7 Å². The maximum atomic E-state index is 12.6. The molecular formula is C24H30N2O5S2. The molecule has 0 spiro atoms. The fourth-order valence-electron chi connectivity index (χ4n) is 4.55. The summed E-state index contributed by atoms with van der Waals surface area (Å²) in [5, 5.41) is 1.74. The lowest BCUT2D eigenvalue weighted by Gasteiger charge is -2.32. The average Bonchev–Trinajstić information content (AvgIpc) is 3.40. The molecule has 7 nitrogen and oxygen atoms in total. The number of carbonyl (C=O) groups is 2. The van der Waals surface area contributed by atoms with Gasteiger partial charge in [-0.25, -0.2) is 8.42 Å². The molecule has 0 bridgehead atoms. The summed E-state index contributed by atoms with van der Waals surface area (Å²) in [6.07, 6.45) is 3.74. The van der Waals surface area contributed by atoms with Gasteiger partial charge >= 0.3 is 5.97 Å². The number of thiophene rings is 1. The highest BCUT2D eigenvalue weighted by molar-refractivity contribution is 7.91. The maximum Gasteiger partial charge on any atom is 0.309 e. The van der Waals surface area contributed by atoms with Gasteiger partial charge < -0.3 is 9.64 Å². The molecule has 1 aromatic heterocycles. The van der Waals surface area contributed by atoms with Crippen molar-refractivity contribution in [2.24, 2.45) is 11.8 Å². The van der Waals surface area contributed by atoms with Crippen LogP contribution in [0.2, 0.25) is 0 Å². The van der Waals surface area contributed by atoms with Gasteiger partial charge in [0.05, 0.1) is 5.92 Å². The van der Waals surface area contributed by atoms with E-state index in [4.69, 9.17) is 4.74 Å². The molecule has 0 saturated carbocycles. The number of carbonyl (C=O) groups excluding carboxylic acids is 2. The SMILES string of the molecule is O=C(OCC(=O)N1CCC(Cc2ccccc2)CC1)C1CCN(S(=O)(=O)c2cccs2)CC1. The number of nitrogens with zero attached hydrogens (tertiary/aromatic N) is 2. The smallest absolute Gasteiger partial charge is 0.309 e. The fourth-order valence-corrected chi connectivity index (χ4v) is 7.16. The zero-order valence-electron chi connectivity index (χ0n) is 18.6. The van der Waals surface area contributed by atoms with Gasteiger partial charge in [-0.05, 0) is 55.0 Å². The predicted molar refractivity (Wildman–Crippen MR) is 126 cm³/mol. The quantitative estimate of drug-likeness (QED) is 0.557. The summed E-state index contributed by atoms with van der Waals surface area (Å²) in [5.41, 5.74) is 1.32. The molecule has 0 aliphatic carbocycles. The molecule has 2 aliphatic heterocycles. The van der Waals surface area contributed by atoms with Crippen molar-refractivity contribution in [2.75, 3.05) is 32.8 Å². The van der Waals surface area contributed by atoms with Crippen molar-refractivity contribution in [2.45, 2.75) is 36.3 Å². The molecule has 178 valence electrons. The minimum absolute atomic E-state index is 0.153. The summed E-state index contributed by atoms with van der Waals surface area (Å²) in [6.45, 7) is 1.70. The zero-order chi connectivity index (χ0) is 23.3. The zero-order valence-corrected chi connectivity index (χ0v) is 20.2. The number of amides is 1. The first-order valence-electron chi connectivity index (χ1n) is 11.5. The molecule has 0 N–H and O–H groups in total. The molecule has 1 aromatic carbocycles. The Morgan fingerprint density at radius 3 is 2.27 bits per heavy atom. The van der Waals surface area contributed by atoms with Crippen molar-refractivity contribution in [3.63, 3.8) is 0 Å². The van der Waals surface area contributed by atoms with Gasteiger partial charge in [0.15, 0.2) is 6.61 Å². The molecule has 2 aromatic rings. The van der Waals surface area contributed by atoms with E-state index in [2.05, 4.69) is 24.3 Å². The van der Waals surface area contributed by atoms with Gasteiger partial charge in [0.1, 0.15) is 4.21 Å². The van der Waals surface area contributed by atoms with Crippen LogP contribution in [0.5, 0.6) is 0 Å². The fraction of sp³-hybridized carbons (Fsp3) is 0.500. The molecule has 9 heteroatoms. The first kappa shape index (κ1) is 23.9. The van der Waals surface area contributed by atoms with Crippen LogP contribution >= 0.6 is 11.3 Å². The van der Waals surface area contributed by atoms with Crippen LogP contribution < -0.4 is 0 Å². The number of likely N-dealkylation sites (tertiary alicyclic amines) is 1. The van der Waals surface area contributed by atoms with E-state index in [1.54, 1.807) is 22.4 Å². The molecule has 0 atom stereocenters. The van der Waals surface area contributed by atoms with Gasteiger partial charge in [0.2, 0.25) is 0 Å². The predicted octanol–water partition coefficient (Wildman–Crippen LogP) is 3.17. The van der Waals surface area contributed by atoms with Crippen LogP contribution in [0.3, 0.4) is 0 Å². The number of piperidine rings is 2. The van der Waals surface area contributed by atoms with Crippen molar-refractivity contribution in [1.82, 2.24) is 9.21 Å². The Morgan fingerprint density at radius 1 is 0.939 bits per heavy atom. The van der Waals surface area contributed by atoms with Crippen molar-refractivity contribution in [1.29, 1.82) is 0 Å². The molecule has 0 radical (unpaired) electrons. The number of benzene rings is 1. The largest absolute Gasteiger partial charge is 0.455 e. The number of hydrogen-bond acceptors (Lipinski definition) is 6. The van der Waals surface area contributed by atoms with E-state index in [0.29, 0.717) is 36.1 Å². The first-order valence-corrected chi connectivity index (χ1v) is 13.8. The minimum Gasteiger partial charge on any atom is -0.455 e. The summed E-state index contributed by atoms with van der Waals surface area (Å²) in [4.78, 5) is 26.8. The van der Waals surface area contributed by atoms with E-state index in [1.807, 2.05) is 6.07 Å². The van der Waals surface area contributed by atoms with E-state index in [9.17, 15) is 18.0 Å². The van der Waals surface area contributed by atoms with Crippen LogP contribution in [0.1, 0.15) is 31.2 Å². The van der Waals surface area contributed by atoms with E-state index < -0.39 is 16.0 Å². The van der Waals surface area contributed by atoms with Crippen LogP contribution in [-0.4, -0.2) is 62.3 Å². The summed E-state index contributed by atoms with van der Waals surface area (Å²) in [7, 11) is -3.49. The van der Waals surface area contributed by atoms with Gasteiger partial charge in [-0.2, -0.15) is 4.31 Å². The highest BCUT2D eigenvalue weighted by Gasteiger charge is 2.33. The lowest BCUT2D eigenvalue weighted by atomic mass is 9.90. The number of sulfonamides is 1. The Balaban J connectivity index is 1.17. The summed E-state index contributed by atoms with van der Waals surface area (Å²) >= 11 is 1.19. The maximum absolute atomic E-state index is 12.6. The Bertz CT molecular complexity index is 1020. The van der Waals surface area contributed by atoms with Gasteiger partial charge in [0, 0.05) is 26.2 Å². The molecule has 0 unspecified atom stereocenters. The van der Waals surface area contributed by atoms with E-state index in [1.165, 1.54) is 21.2 Å². The molecule has 1 amide bonds. The van der Waals surface area contributed by atoms with Crippen LogP contribution in [-0.2, 0) is 30.8 Å².